The summed E-state index contributed by atoms with van der Waals surface area (Å²) in [6, 6.07) is 0. The molecule has 5 heteroatoms. The number of nitrogens with zero attached hydrogens (tertiary/aromatic N) is 1. The molecule has 0 aromatic rings. The number of amides is 1. The zero-order valence-corrected chi connectivity index (χ0v) is 6.96. The second-order valence-electron chi connectivity index (χ2n) is 2.52. The Labute approximate surface area is 69.7 Å². The Kier molecular flexibility index (Phi) is 3.96. The summed E-state index contributed by atoms with van der Waals surface area (Å²) in [4.78, 5) is 32.1. The largest absolute Gasteiger partial charge is 0.300 e. The molecule has 0 rings (SSSR count). The maximum atomic E-state index is 11.0. The van der Waals surface area contributed by atoms with Gasteiger partial charge in [0.2, 0.25) is 0 Å². The molecule has 0 spiro atoms. The number of Topliss-reactive ketones (excluding diaryl/α,β-unsaturated/α-hetero) is 2. The number of hydrogen-bond donors (Lipinski definition) is 1. The Balaban J connectivity index is 4.19. The van der Waals surface area contributed by atoms with Crippen molar-refractivity contribution >= 4 is 17.5 Å². The first-order valence-corrected chi connectivity index (χ1v) is 3.42. The van der Waals surface area contributed by atoms with Crippen LogP contribution in [0, 0.1) is 11.4 Å². The van der Waals surface area contributed by atoms with Crippen molar-refractivity contribution in [2.24, 2.45) is 11.0 Å². The van der Waals surface area contributed by atoms with E-state index in [1.54, 1.807) is 0 Å². The monoisotopic (exact) mass is 170 g/mol. The number of hydrogen-bond acceptors (Lipinski definition) is 4. The summed E-state index contributed by atoms with van der Waals surface area (Å²) in [6.45, 7) is 2.61. The van der Waals surface area contributed by atoms with E-state index >= 15 is 0 Å². The molecule has 0 aromatic heterocycles. The highest BCUT2D eigenvalue weighted by Gasteiger charge is 2.21. The van der Waals surface area contributed by atoms with E-state index in [1.807, 2.05) is 0 Å². The van der Waals surface area contributed by atoms with Crippen molar-refractivity contribution in [2.45, 2.75) is 20.3 Å². The van der Waals surface area contributed by atoms with E-state index < -0.39 is 17.6 Å². The van der Waals surface area contributed by atoms with Crippen LogP contribution < -0.4 is 0 Å². The van der Waals surface area contributed by atoms with Crippen molar-refractivity contribution in [3.05, 3.63) is 0 Å². The van der Waals surface area contributed by atoms with Crippen LogP contribution in [-0.4, -0.2) is 17.5 Å². The SMILES string of the molecule is CC(=O)CC(=O)C(C)C(=O)N=N. The third-order valence-corrected chi connectivity index (χ3v) is 1.39. The van der Waals surface area contributed by atoms with Crippen LogP contribution in [0.5, 0.6) is 0 Å². The zero-order valence-electron chi connectivity index (χ0n) is 6.96. The smallest absolute Gasteiger partial charge is 0.274 e. The van der Waals surface area contributed by atoms with E-state index in [0.29, 0.717) is 0 Å². The molecule has 0 fully saturated rings. The first-order chi connectivity index (χ1) is 5.49. The van der Waals surface area contributed by atoms with Gasteiger partial charge in [-0.3, -0.25) is 14.4 Å². The summed E-state index contributed by atoms with van der Waals surface area (Å²) < 4.78 is 0. The van der Waals surface area contributed by atoms with E-state index in [4.69, 9.17) is 5.53 Å². The number of rotatable bonds is 4. The molecule has 0 aromatic carbocycles. The molecule has 12 heavy (non-hydrogen) atoms. The molecular formula is C7H10N2O3. The Morgan fingerprint density at radius 3 is 2.25 bits per heavy atom. The quantitative estimate of drug-likeness (QED) is 0.498. The lowest BCUT2D eigenvalue weighted by Gasteiger charge is -2.01. The molecule has 0 radical (unpaired) electrons. The van der Waals surface area contributed by atoms with Gasteiger partial charge >= 0.3 is 0 Å². The highest BCUT2D eigenvalue weighted by molar-refractivity contribution is 6.08. The molecule has 0 aliphatic carbocycles. The fraction of sp³-hybridized carbons (Fsp3) is 0.571. The first kappa shape index (κ1) is 10.6. The van der Waals surface area contributed by atoms with Gasteiger partial charge in [-0.2, -0.15) is 0 Å². The van der Waals surface area contributed by atoms with Crippen molar-refractivity contribution in [1.82, 2.24) is 0 Å². The molecule has 0 aliphatic rings. The topological polar surface area (TPSA) is 87.4 Å². The standard InChI is InChI=1S/C7H10N2O3/c1-4(10)3-6(11)5(2)7(12)9-8/h5,8H,3H2,1-2H3. The van der Waals surface area contributed by atoms with Gasteiger partial charge in [0.1, 0.15) is 5.78 Å². The maximum Gasteiger partial charge on any atom is 0.274 e. The molecule has 0 heterocycles. The van der Waals surface area contributed by atoms with Crippen LogP contribution in [0.1, 0.15) is 20.3 Å². The predicted octanol–water partition coefficient (Wildman–Crippen LogP) is 0.728. The molecule has 66 valence electrons. The lowest BCUT2D eigenvalue weighted by molar-refractivity contribution is -0.133. The third kappa shape index (κ3) is 3.14. The van der Waals surface area contributed by atoms with Gasteiger partial charge in [-0.05, 0) is 13.8 Å². The van der Waals surface area contributed by atoms with Gasteiger partial charge in [-0.25, -0.2) is 5.53 Å². The van der Waals surface area contributed by atoms with Crippen LogP contribution in [0.25, 0.3) is 0 Å². The summed E-state index contributed by atoms with van der Waals surface area (Å²) in [5, 5.41) is 2.60. The number of carbonyl (C=O) groups excluding carboxylic acids is 3. The van der Waals surface area contributed by atoms with Crippen LogP contribution in [0.3, 0.4) is 0 Å². The fourth-order valence-corrected chi connectivity index (χ4v) is 0.633. The fourth-order valence-electron chi connectivity index (χ4n) is 0.633. The average Bonchev–Trinajstić information content (AvgIpc) is 2.00. The highest BCUT2D eigenvalue weighted by atomic mass is 16.2. The zero-order chi connectivity index (χ0) is 9.72. The normalized spacial score (nSPS) is 11.8. The molecule has 1 atom stereocenters. The van der Waals surface area contributed by atoms with Crippen LogP contribution >= 0.6 is 0 Å². The minimum Gasteiger partial charge on any atom is -0.300 e. The molecule has 0 bridgehead atoms. The lowest BCUT2D eigenvalue weighted by atomic mass is 10.0. The molecular weight excluding hydrogens is 160 g/mol. The molecule has 0 saturated heterocycles. The Morgan fingerprint density at radius 2 is 1.92 bits per heavy atom. The number of carbonyl (C=O) groups is 3. The molecule has 0 saturated carbocycles. The summed E-state index contributed by atoms with van der Waals surface area (Å²) in [5.74, 6) is -2.54. The Bertz CT molecular complexity index is 235. The second kappa shape index (κ2) is 4.48. The van der Waals surface area contributed by atoms with Crippen molar-refractivity contribution in [3.8, 4) is 0 Å². The van der Waals surface area contributed by atoms with Gasteiger partial charge < -0.3 is 0 Å². The van der Waals surface area contributed by atoms with E-state index in [2.05, 4.69) is 5.11 Å². The van der Waals surface area contributed by atoms with Crippen LogP contribution in [0.15, 0.2) is 5.11 Å². The predicted molar refractivity (Wildman–Crippen MR) is 39.6 cm³/mol. The van der Waals surface area contributed by atoms with Crippen LogP contribution in [0.2, 0.25) is 0 Å². The minimum atomic E-state index is -0.966. The minimum absolute atomic E-state index is 0.261. The van der Waals surface area contributed by atoms with Crippen molar-refractivity contribution in [3.63, 3.8) is 0 Å². The molecule has 1 amide bonds. The van der Waals surface area contributed by atoms with Gasteiger partial charge in [0.05, 0.1) is 12.3 Å². The number of ketones is 2. The van der Waals surface area contributed by atoms with Gasteiger partial charge in [-0.1, -0.05) is 0 Å². The number of nitrogens with one attached hydrogen (secondary N) is 1. The van der Waals surface area contributed by atoms with Gasteiger partial charge in [0, 0.05) is 0 Å². The average molecular weight is 170 g/mol. The third-order valence-electron chi connectivity index (χ3n) is 1.39. The van der Waals surface area contributed by atoms with Gasteiger partial charge in [-0.15, -0.1) is 5.11 Å². The first-order valence-electron chi connectivity index (χ1n) is 3.42. The summed E-state index contributed by atoms with van der Waals surface area (Å²) in [7, 11) is 0. The van der Waals surface area contributed by atoms with Crippen LogP contribution in [-0.2, 0) is 14.4 Å². The Morgan fingerprint density at radius 1 is 1.42 bits per heavy atom. The maximum absolute atomic E-state index is 11.0. The second-order valence-corrected chi connectivity index (χ2v) is 2.52. The van der Waals surface area contributed by atoms with Crippen molar-refractivity contribution in [2.75, 3.05) is 0 Å². The van der Waals surface area contributed by atoms with Crippen LogP contribution in [0.4, 0.5) is 0 Å². The van der Waals surface area contributed by atoms with E-state index in [1.165, 1.54) is 13.8 Å². The summed E-state index contributed by atoms with van der Waals surface area (Å²) in [5.41, 5.74) is 6.35. The summed E-state index contributed by atoms with van der Waals surface area (Å²) in [6.07, 6.45) is -0.261. The van der Waals surface area contributed by atoms with E-state index in [-0.39, 0.29) is 12.2 Å². The highest BCUT2D eigenvalue weighted by Crippen LogP contribution is 2.03. The van der Waals surface area contributed by atoms with Gasteiger partial charge in [0.15, 0.2) is 5.78 Å². The molecule has 1 N–H and O–H groups in total. The molecule has 0 aliphatic heterocycles. The molecule has 5 nitrogen and oxygen atoms in total. The van der Waals surface area contributed by atoms with Crippen molar-refractivity contribution in [1.29, 1.82) is 5.53 Å². The van der Waals surface area contributed by atoms with E-state index in [0.717, 1.165) is 0 Å². The lowest BCUT2D eigenvalue weighted by Crippen LogP contribution is -2.20. The van der Waals surface area contributed by atoms with E-state index in [9.17, 15) is 14.4 Å². The molecule has 1 unspecified atom stereocenters. The summed E-state index contributed by atoms with van der Waals surface area (Å²) >= 11 is 0. The Hall–Kier alpha value is -1.39. The van der Waals surface area contributed by atoms with Gasteiger partial charge in [0.25, 0.3) is 5.91 Å². The van der Waals surface area contributed by atoms with Crippen molar-refractivity contribution < 1.29 is 14.4 Å².